The SMILES string of the molecule is CC(C)(C)n1nnc2c3c(ccc21)C1=C(C(F)(F)F)C(=O)[C@@H]2CC[C@@]1(C3)C2. The van der Waals surface area contributed by atoms with Gasteiger partial charge < -0.3 is 0 Å². The fourth-order valence-corrected chi connectivity index (χ4v) is 5.41. The number of carbonyl (C=O) groups excluding carboxylic acids is 1. The molecule has 1 heterocycles. The number of aromatic nitrogens is 3. The summed E-state index contributed by atoms with van der Waals surface area (Å²) in [6.07, 6.45) is -2.43. The van der Waals surface area contributed by atoms with Gasteiger partial charge in [-0.1, -0.05) is 11.3 Å². The lowest BCUT2D eigenvalue weighted by Gasteiger charge is -2.33. The van der Waals surface area contributed by atoms with E-state index in [-0.39, 0.29) is 11.1 Å². The van der Waals surface area contributed by atoms with Gasteiger partial charge in [0.15, 0.2) is 5.78 Å². The van der Waals surface area contributed by atoms with E-state index >= 15 is 0 Å². The predicted octanol–water partition coefficient (Wildman–Crippen LogP) is 4.43. The minimum absolute atomic E-state index is 0.218. The molecule has 2 atom stereocenters. The van der Waals surface area contributed by atoms with Crippen molar-refractivity contribution in [3.63, 3.8) is 0 Å². The van der Waals surface area contributed by atoms with Crippen molar-refractivity contribution in [2.75, 3.05) is 0 Å². The summed E-state index contributed by atoms with van der Waals surface area (Å²) in [5.74, 6) is -1.22. The third-order valence-electron chi connectivity index (χ3n) is 6.43. The van der Waals surface area contributed by atoms with E-state index in [0.29, 0.717) is 36.8 Å². The van der Waals surface area contributed by atoms with Crippen molar-refractivity contribution in [3.05, 3.63) is 28.8 Å². The lowest BCUT2D eigenvalue weighted by atomic mass is 9.71. The lowest BCUT2D eigenvalue weighted by molar-refractivity contribution is -0.132. The summed E-state index contributed by atoms with van der Waals surface area (Å²) in [4.78, 5) is 12.6. The molecule has 5 rings (SSSR count). The average molecular weight is 375 g/mol. The number of benzene rings is 1. The molecule has 0 radical (unpaired) electrons. The molecule has 0 saturated heterocycles. The molecule has 142 valence electrons. The molecule has 0 amide bonds. The molecular formula is C20H20F3N3O. The zero-order valence-corrected chi connectivity index (χ0v) is 15.4. The van der Waals surface area contributed by atoms with Gasteiger partial charge in [-0.15, -0.1) is 5.10 Å². The van der Waals surface area contributed by atoms with Crippen molar-refractivity contribution >= 4 is 22.4 Å². The van der Waals surface area contributed by atoms with Crippen LogP contribution >= 0.6 is 0 Å². The molecule has 2 bridgehead atoms. The van der Waals surface area contributed by atoms with Crippen LogP contribution in [0.1, 0.15) is 51.2 Å². The molecule has 3 aliphatic carbocycles. The van der Waals surface area contributed by atoms with E-state index in [1.807, 2.05) is 25.5 Å². The van der Waals surface area contributed by atoms with Crippen molar-refractivity contribution in [2.45, 2.75) is 58.2 Å². The summed E-state index contributed by atoms with van der Waals surface area (Å²) >= 11 is 0. The Morgan fingerprint density at radius 1 is 1.22 bits per heavy atom. The summed E-state index contributed by atoms with van der Waals surface area (Å²) in [6, 6.07) is 3.54. The number of alkyl halides is 3. The first kappa shape index (κ1) is 17.0. The largest absolute Gasteiger partial charge is 0.420 e. The molecular weight excluding hydrogens is 355 g/mol. The van der Waals surface area contributed by atoms with Gasteiger partial charge in [0.1, 0.15) is 11.1 Å². The van der Waals surface area contributed by atoms with Crippen LogP contribution in [0, 0.1) is 11.3 Å². The zero-order valence-electron chi connectivity index (χ0n) is 15.4. The number of fused-ring (bicyclic) bond motifs is 5. The van der Waals surface area contributed by atoms with E-state index < -0.39 is 28.9 Å². The monoisotopic (exact) mass is 375 g/mol. The van der Waals surface area contributed by atoms with E-state index in [1.54, 1.807) is 12.1 Å². The number of hydrogen-bond donors (Lipinski definition) is 0. The van der Waals surface area contributed by atoms with Crippen LogP contribution in [0.2, 0.25) is 0 Å². The van der Waals surface area contributed by atoms with E-state index in [0.717, 1.165) is 11.1 Å². The molecule has 0 aliphatic heterocycles. The van der Waals surface area contributed by atoms with Gasteiger partial charge in [0.2, 0.25) is 0 Å². The van der Waals surface area contributed by atoms with Crippen molar-refractivity contribution in [1.29, 1.82) is 0 Å². The first-order valence-electron chi connectivity index (χ1n) is 9.27. The molecule has 3 aliphatic rings. The maximum atomic E-state index is 13.9. The number of ketones is 1. The van der Waals surface area contributed by atoms with Crippen LogP contribution < -0.4 is 0 Å². The highest BCUT2D eigenvalue weighted by molar-refractivity contribution is 6.10. The molecule has 1 aromatic carbocycles. The van der Waals surface area contributed by atoms with Crippen molar-refractivity contribution in [3.8, 4) is 0 Å². The third-order valence-corrected chi connectivity index (χ3v) is 6.43. The summed E-state index contributed by atoms with van der Waals surface area (Å²) in [5, 5.41) is 8.59. The molecule has 2 aromatic rings. The van der Waals surface area contributed by atoms with Gasteiger partial charge >= 0.3 is 6.18 Å². The Morgan fingerprint density at radius 2 is 1.96 bits per heavy atom. The highest BCUT2D eigenvalue weighted by Gasteiger charge is 2.59. The van der Waals surface area contributed by atoms with Crippen LogP contribution in [0.3, 0.4) is 0 Å². The van der Waals surface area contributed by atoms with Gasteiger partial charge in [0.05, 0.1) is 11.1 Å². The Morgan fingerprint density at radius 3 is 2.63 bits per heavy atom. The Labute approximate surface area is 154 Å². The average Bonchev–Trinajstić information content (AvgIpc) is 3.21. The van der Waals surface area contributed by atoms with Crippen LogP contribution in [0.25, 0.3) is 16.6 Å². The van der Waals surface area contributed by atoms with E-state index in [1.165, 1.54) is 0 Å². The minimum atomic E-state index is -4.62. The Balaban J connectivity index is 1.82. The molecule has 0 unspecified atom stereocenters. The van der Waals surface area contributed by atoms with Crippen LogP contribution in [0.15, 0.2) is 17.7 Å². The first-order valence-corrected chi connectivity index (χ1v) is 9.27. The summed E-state index contributed by atoms with van der Waals surface area (Å²) in [7, 11) is 0. The first-order chi connectivity index (χ1) is 12.5. The van der Waals surface area contributed by atoms with Gasteiger partial charge in [-0.05, 0) is 69.2 Å². The van der Waals surface area contributed by atoms with Crippen molar-refractivity contribution < 1.29 is 18.0 Å². The number of nitrogens with zero attached hydrogens (tertiary/aromatic N) is 3. The maximum Gasteiger partial charge on any atom is 0.420 e. The molecule has 27 heavy (non-hydrogen) atoms. The van der Waals surface area contributed by atoms with Gasteiger partial charge in [-0.2, -0.15) is 13.2 Å². The standard InChI is InChI=1S/C20H20F3N3O/c1-18(2,3)26-13-5-4-11-12(16(13)24-25-26)9-19-7-6-10(8-19)17(27)15(14(11)19)20(21,22)23/h4-5,10H,6-9H2,1-3H3/t10-,19+/m1/s1. The molecule has 4 nitrogen and oxygen atoms in total. The predicted molar refractivity (Wildman–Crippen MR) is 94.0 cm³/mol. The highest BCUT2D eigenvalue weighted by atomic mass is 19.4. The quantitative estimate of drug-likeness (QED) is 0.685. The van der Waals surface area contributed by atoms with Crippen LogP contribution in [-0.2, 0) is 16.8 Å². The van der Waals surface area contributed by atoms with Crippen molar-refractivity contribution in [1.82, 2.24) is 15.0 Å². The Bertz CT molecular complexity index is 1040. The van der Waals surface area contributed by atoms with Crippen molar-refractivity contribution in [2.24, 2.45) is 11.3 Å². The van der Waals surface area contributed by atoms with Crippen LogP contribution in [0.5, 0.6) is 0 Å². The molecule has 0 N–H and O–H groups in total. The van der Waals surface area contributed by atoms with Gasteiger partial charge in [-0.25, -0.2) is 4.68 Å². The number of carbonyl (C=O) groups is 1. The molecule has 7 heteroatoms. The fourth-order valence-electron chi connectivity index (χ4n) is 5.41. The lowest BCUT2D eigenvalue weighted by Crippen LogP contribution is -2.34. The number of hydrogen-bond acceptors (Lipinski definition) is 3. The Kier molecular flexibility index (Phi) is 3.02. The highest BCUT2D eigenvalue weighted by Crippen LogP contribution is 2.64. The number of halogens is 3. The molecule has 1 spiro atoms. The molecule has 1 aromatic heterocycles. The van der Waals surface area contributed by atoms with E-state index in [4.69, 9.17) is 0 Å². The second-order valence-corrected chi connectivity index (χ2v) is 9.14. The molecule has 1 fully saturated rings. The normalized spacial score (nSPS) is 27.5. The summed E-state index contributed by atoms with van der Waals surface area (Å²) in [5.41, 5.74) is 1.29. The number of rotatable bonds is 0. The van der Waals surface area contributed by atoms with Gasteiger partial charge in [0.25, 0.3) is 0 Å². The smallest absolute Gasteiger partial charge is 0.294 e. The molecule has 1 saturated carbocycles. The number of Topliss-reactive ketones (excluding diaryl/α,β-unsaturated/α-hetero) is 1. The number of allylic oxidation sites excluding steroid dienone is 2. The van der Waals surface area contributed by atoms with E-state index in [2.05, 4.69) is 10.3 Å². The summed E-state index contributed by atoms with van der Waals surface area (Å²) < 4.78 is 43.4. The van der Waals surface area contributed by atoms with E-state index in [9.17, 15) is 18.0 Å². The third kappa shape index (κ3) is 2.08. The fraction of sp³-hybridized carbons (Fsp3) is 0.550. The minimum Gasteiger partial charge on any atom is -0.294 e. The van der Waals surface area contributed by atoms with Crippen LogP contribution in [0.4, 0.5) is 13.2 Å². The topological polar surface area (TPSA) is 47.8 Å². The van der Waals surface area contributed by atoms with Gasteiger partial charge in [0, 0.05) is 11.3 Å². The van der Waals surface area contributed by atoms with Gasteiger partial charge in [-0.3, -0.25) is 4.79 Å². The van der Waals surface area contributed by atoms with Crippen LogP contribution in [-0.4, -0.2) is 27.0 Å². The zero-order chi connectivity index (χ0) is 19.4. The summed E-state index contributed by atoms with van der Waals surface area (Å²) in [6.45, 7) is 6.03. The Hall–Kier alpha value is -2.18. The second-order valence-electron chi connectivity index (χ2n) is 9.14. The maximum absolute atomic E-state index is 13.9. The second kappa shape index (κ2) is 4.80.